The summed E-state index contributed by atoms with van der Waals surface area (Å²) in [7, 11) is 0. The molecule has 0 aromatic rings. The fourth-order valence-electron chi connectivity index (χ4n) is 4.31. The van der Waals surface area contributed by atoms with E-state index in [1.165, 1.54) is 5.57 Å². The van der Waals surface area contributed by atoms with Gasteiger partial charge in [0.2, 0.25) is 0 Å². The first-order valence-electron chi connectivity index (χ1n) is 9.76. The number of carbonyl (C=O) groups is 1. The molecule has 2 rings (SSSR count). The van der Waals surface area contributed by atoms with Gasteiger partial charge in [0.05, 0.1) is 12.2 Å². The van der Waals surface area contributed by atoms with E-state index >= 15 is 0 Å². The number of hydrogen-bond donors (Lipinski definition) is 3. The Morgan fingerprint density at radius 1 is 1.38 bits per heavy atom. The van der Waals surface area contributed by atoms with Crippen molar-refractivity contribution >= 4 is 5.97 Å². The normalized spacial score (nSPS) is 31.6. The Bertz CT molecular complexity index is 595. The SMILES string of the molecule is CC#CC[C@H](C)[C@H](O)C=C[C@@H]1[C@H]2CC(=CCCCC(=O)O)C[C@H]2C[C@H]1O. The zero-order valence-electron chi connectivity index (χ0n) is 15.9. The largest absolute Gasteiger partial charge is 0.481 e. The number of aliphatic carboxylic acids is 1. The first kappa shape index (κ1) is 20.7. The molecule has 26 heavy (non-hydrogen) atoms. The molecule has 4 nitrogen and oxygen atoms in total. The fourth-order valence-corrected chi connectivity index (χ4v) is 4.31. The fraction of sp³-hybridized carbons (Fsp3) is 0.682. The van der Waals surface area contributed by atoms with Crippen molar-refractivity contribution in [3.8, 4) is 11.8 Å². The third-order valence-electron chi connectivity index (χ3n) is 5.85. The lowest BCUT2D eigenvalue weighted by molar-refractivity contribution is -0.137. The minimum Gasteiger partial charge on any atom is -0.481 e. The second-order valence-electron chi connectivity index (χ2n) is 7.84. The van der Waals surface area contributed by atoms with E-state index in [4.69, 9.17) is 5.11 Å². The average molecular weight is 360 g/mol. The summed E-state index contributed by atoms with van der Waals surface area (Å²) in [6.07, 6.45) is 10.4. The molecule has 0 heterocycles. The number of carboxylic acid groups (broad SMARTS) is 1. The number of fused-ring (bicyclic) bond motifs is 1. The van der Waals surface area contributed by atoms with Crippen molar-refractivity contribution in [2.24, 2.45) is 23.7 Å². The predicted octanol–water partition coefficient (Wildman–Crippen LogP) is 3.54. The summed E-state index contributed by atoms with van der Waals surface area (Å²) in [4.78, 5) is 10.6. The summed E-state index contributed by atoms with van der Waals surface area (Å²) in [6, 6.07) is 0. The molecule has 0 aromatic carbocycles. The highest BCUT2D eigenvalue weighted by atomic mass is 16.4. The molecular weight excluding hydrogens is 328 g/mol. The maximum Gasteiger partial charge on any atom is 0.303 e. The van der Waals surface area contributed by atoms with Crippen LogP contribution in [0.5, 0.6) is 0 Å². The zero-order valence-corrected chi connectivity index (χ0v) is 15.9. The number of aliphatic hydroxyl groups is 2. The van der Waals surface area contributed by atoms with Crippen LogP contribution in [0.4, 0.5) is 0 Å². The molecule has 6 atom stereocenters. The second kappa shape index (κ2) is 9.94. The van der Waals surface area contributed by atoms with Crippen molar-refractivity contribution in [2.75, 3.05) is 0 Å². The Hall–Kier alpha value is -1.57. The van der Waals surface area contributed by atoms with Crippen LogP contribution in [0.2, 0.25) is 0 Å². The zero-order chi connectivity index (χ0) is 19.1. The van der Waals surface area contributed by atoms with E-state index in [1.807, 2.05) is 19.1 Å². The lowest BCUT2D eigenvalue weighted by Gasteiger charge is -2.19. The molecule has 0 unspecified atom stereocenters. The van der Waals surface area contributed by atoms with Crippen LogP contribution in [0.15, 0.2) is 23.8 Å². The third-order valence-corrected chi connectivity index (χ3v) is 5.85. The number of carboxylic acids is 1. The highest BCUT2D eigenvalue weighted by molar-refractivity contribution is 5.66. The van der Waals surface area contributed by atoms with Gasteiger partial charge in [0.1, 0.15) is 0 Å². The standard InChI is InChI=1S/C22H32O4/c1-3-4-7-15(2)20(23)11-10-18-19-13-16(8-5-6-9-22(25)26)12-17(19)14-21(18)24/h8,10-11,15,17-21,23-24H,5-7,9,12-14H2,1-2H3,(H,25,26)/t15-,17-,18+,19-,20+,21+/m0/s1. The van der Waals surface area contributed by atoms with Gasteiger partial charge in [-0.05, 0) is 56.8 Å². The van der Waals surface area contributed by atoms with Crippen molar-refractivity contribution in [1.29, 1.82) is 0 Å². The van der Waals surface area contributed by atoms with E-state index in [1.54, 1.807) is 6.92 Å². The molecule has 0 aromatic heterocycles. The van der Waals surface area contributed by atoms with Crippen molar-refractivity contribution < 1.29 is 20.1 Å². The molecule has 2 fully saturated rings. The monoisotopic (exact) mass is 360 g/mol. The first-order chi connectivity index (χ1) is 12.4. The van der Waals surface area contributed by atoms with Gasteiger partial charge < -0.3 is 15.3 Å². The van der Waals surface area contributed by atoms with Gasteiger partial charge in [-0.1, -0.05) is 30.7 Å². The molecule has 2 aliphatic carbocycles. The van der Waals surface area contributed by atoms with Crippen LogP contribution in [-0.2, 0) is 4.79 Å². The van der Waals surface area contributed by atoms with Crippen LogP contribution in [0.1, 0.15) is 58.8 Å². The van der Waals surface area contributed by atoms with Crippen LogP contribution < -0.4 is 0 Å². The highest BCUT2D eigenvalue weighted by Crippen LogP contribution is 2.50. The van der Waals surface area contributed by atoms with Crippen LogP contribution in [0, 0.1) is 35.5 Å². The number of aliphatic hydroxyl groups excluding tert-OH is 2. The van der Waals surface area contributed by atoms with Gasteiger partial charge in [-0.15, -0.1) is 11.8 Å². The van der Waals surface area contributed by atoms with Crippen LogP contribution >= 0.6 is 0 Å². The predicted molar refractivity (Wildman–Crippen MR) is 102 cm³/mol. The number of hydrogen-bond acceptors (Lipinski definition) is 3. The van der Waals surface area contributed by atoms with Crippen molar-refractivity contribution in [3.05, 3.63) is 23.8 Å². The Kier molecular flexibility index (Phi) is 7.93. The minimum absolute atomic E-state index is 0.0845. The van der Waals surface area contributed by atoms with Crippen LogP contribution in [0.3, 0.4) is 0 Å². The lowest BCUT2D eigenvalue weighted by Crippen LogP contribution is -2.19. The van der Waals surface area contributed by atoms with Crippen molar-refractivity contribution in [2.45, 2.75) is 71.0 Å². The molecular formula is C22H32O4. The second-order valence-corrected chi connectivity index (χ2v) is 7.84. The summed E-state index contributed by atoms with van der Waals surface area (Å²) in [6.45, 7) is 3.79. The summed E-state index contributed by atoms with van der Waals surface area (Å²) in [5.74, 6) is 6.25. The summed E-state index contributed by atoms with van der Waals surface area (Å²) < 4.78 is 0. The summed E-state index contributed by atoms with van der Waals surface area (Å²) >= 11 is 0. The van der Waals surface area contributed by atoms with E-state index < -0.39 is 12.1 Å². The third kappa shape index (κ3) is 5.72. The molecule has 4 heteroatoms. The number of unbranched alkanes of at least 4 members (excludes halogenated alkanes) is 1. The Morgan fingerprint density at radius 2 is 2.15 bits per heavy atom. The van der Waals surface area contributed by atoms with Gasteiger partial charge in [-0.2, -0.15) is 0 Å². The molecule has 0 amide bonds. The molecule has 2 aliphatic rings. The van der Waals surface area contributed by atoms with Gasteiger partial charge >= 0.3 is 5.97 Å². The van der Waals surface area contributed by atoms with Gasteiger partial charge in [0.25, 0.3) is 0 Å². The van der Waals surface area contributed by atoms with Gasteiger partial charge in [0.15, 0.2) is 0 Å². The van der Waals surface area contributed by atoms with Crippen LogP contribution in [0.25, 0.3) is 0 Å². The Balaban J connectivity index is 1.89. The molecule has 2 saturated carbocycles. The van der Waals surface area contributed by atoms with Gasteiger partial charge in [-0.25, -0.2) is 0 Å². The summed E-state index contributed by atoms with van der Waals surface area (Å²) in [5.41, 5.74) is 1.41. The molecule has 0 saturated heterocycles. The smallest absolute Gasteiger partial charge is 0.303 e. The van der Waals surface area contributed by atoms with E-state index in [0.717, 1.165) is 25.7 Å². The maximum absolute atomic E-state index is 10.6. The first-order valence-corrected chi connectivity index (χ1v) is 9.76. The molecule has 3 N–H and O–H groups in total. The van der Waals surface area contributed by atoms with Crippen molar-refractivity contribution in [3.63, 3.8) is 0 Å². The quantitative estimate of drug-likeness (QED) is 0.351. The Morgan fingerprint density at radius 3 is 2.85 bits per heavy atom. The number of allylic oxidation sites excluding steroid dienone is 2. The van der Waals surface area contributed by atoms with E-state index in [0.29, 0.717) is 24.7 Å². The van der Waals surface area contributed by atoms with Gasteiger partial charge in [-0.3, -0.25) is 4.79 Å². The van der Waals surface area contributed by atoms with E-state index in [-0.39, 0.29) is 24.4 Å². The molecule has 0 bridgehead atoms. The van der Waals surface area contributed by atoms with Crippen LogP contribution in [-0.4, -0.2) is 33.5 Å². The topological polar surface area (TPSA) is 77.8 Å². The molecule has 144 valence electrons. The number of rotatable bonds is 8. The average Bonchev–Trinajstić information content (AvgIpc) is 3.10. The van der Waals surface area contributed by atoms with Crippen molar-refractivity contribution in [1.82, 2.24) is 0 Å². The molecule has 0 spiro atoms. The van der Waals surface area contributed by atoms with E-state index in [2.05, 4.69) is 17.9 Å². The Labute approximate surface area is 157 Å². The molecule has 0 aliphatic heterocycles. The highest BCUT2D eigenvalue weighted by Gasteiger charge is 2.44. The minimum atomic E-state index is -0.738. The van der Waals surface area contributed by atoms with Gasteiger partial charge in [0, 0.05) is 18.8 Å². The summed E-state index contributed by atoms with van der Waals surface area (Å²) in [5, 5.41) is 29.4. The van der Waals surface area contributed by atoms with E-state index in [9.17, 15) is 15.0 Å². The maximum atomic E-state index is 10.6. The molecule has 0 radical (unpaired) electrons. The lowest BCUT2D eigenvalue weighted by atomic mass is 9.89.